The molecular formula is C12H24IN5. The van der Waals surface area contributed by atoms with Gasteiger partial charge in [0.2, 0.25) is 0 Å². The third-order valence-electron chi connectivity index (χ3n) is 2.66. The van der Waals surface area contributed by atoms with Crippen molar-refractivity contribution in [2.45, 2.75) is 39.3 Å². The van der Waals surface area contributed by atoms with Crippen LogP contribution in [0, 0.1) is 0 Å². The number of aromatic nitrogens is 2. The molecule has 2 N–H and O–H groups in total. The van der Waals surface area contributed by atoms with Crippen LogP contribution in [-0.4, -0.2) is 35.1 Å². The lowest BCUT2D eigenvalue weighted by molar-refractivity contribution is 0.600. The van der Waals surface area contributed by atoms with E-state index in [1.54, 1.807) is 13.2 Å². The smallest absolute Gasteiger partial charge is 0.191 e. The van der Waals surface area contributed by atoms with Crippen molar-refractivity contribution in [1.82, 2.24) is 20.2 Å². The summed E-state index contributed by atoms with van der Waals surface area (Å²) >= 11 is 0. The minimum atomic E-state index is 0. The molecule has 0 saturated heterocycles. The minimum absolute atomic E-state index is 0. The number of nitrogens with one attached hydrogen (secondary N) is 2. The summed E-state index contributed by atoms with van der Waals surface area (Å²) in [7, 11) is 1.80. The lowest BCUT2D eigenvalue weighted by atomic mass is 10.3. The molecular weight excluding hydrogens is 341 g/mol. The van der Waals surface area contributed by atoms with Crippen molar-refractivity contribution < 1.29 is 0 Å². The van der Waals surface area contributed by atoms with Gasteiger partial charge in [0.15, 0.2) is 5.96 Å². The third-order valence-corrected chi connectivity index (χ3v) is 2.66. The molecule has 0 aliphatic heterocycles. The Morgan fingerprint density at radius 2 is 2.28 bits per heavy atom. The number of halogens is 1. The number of aliphatic imine (C=N–C) groups is 1. The Bertz CT molecular complexity index is 323. The van der Waals surface area contributed by atoms with E-state index in [0.29, 0.717) is 6.04 Å². The van der Waals surface area contributed by atoms with Crippen LogP contribution in [0.15, 0.2) is 23.7 Å². The predicted octanol–water partition coefficient (Wildman–Crippen LogP) is 1.85. The van der Waals surface area contributed by atoms with E-state index >= 15 is 0 Å². The van der Waals surface area contributed by atoms with Crippen molar-refractivity contribution in [3.63, 3.8) is 0 Å². The first-order chi connectivity index (χ1) is 8.26. The average Bonchev–Trinajstić information content (AvgIpc) is 2.85. The summed E-state index contributed by atoms with van der Waals surface area (Å²) < 4.78 is 2.08. The second-order valence-corrected chi connectivity index (χ2v) is 4.11. The van der Waals surface area contributed by atoms with Gasteiger partial charge in [0, 0.05) is 38.6 Å². The molecule has 1 heterocycles. The molecule has 0 spiro atoms. The molecule has 0 radical (unpaired) electrons. The molecule has 1 atom stereocenters. The fourth-order valence-electron chi connectivity index (χ4n) is 1.42. The molecule has 1 aromatic rings. The molecule has 1 aromatic heterocycles. The van der Waals surface area contributed by atoms with Crippen LogP contribution in [0.5, 0.6) is 0 Å². The number of hydrogen-bond donors (Lipinski definition) is 2. The van der Waals surface area contributed by atoms with Crippen LogP contribution in [0.25, 0.3) is 0 Å². The van der Waals surface area contributed by atoms with E-state index in [1.165, 1.54) is 0 Å². The molecule has 6 heteroatoms. The monoisotopic (exact) mass is 365 g/mol. The van der Waals surface area contributed by atoms with Crippen LogP contribution in [0.2, 0.25) is 0 Å². The van der Waals surface area contributed by atoms with Crippen LogP contribution >= 0.6 is 24.0 Å². The lowest BCUT2D eigenvalue weighted by Crippen LogP contribution is -2.42. The van der Waals surface area contributed by atoms with E-state index in [1.807, 2.05) is 12.5 Å². The molecule has 0 bridgehead atoms. The summed E-state index contributed by atoms with van der Waals surface area (Å²) in [5.74, 6) is 0.880. The topological polar surface area (TPSA) is 54.2 Å². The number of nitrogens with zero attached hydrogens (tertiary/aromatic N) is 3. The zero-order chi connectivity index (χ0) is 12.5. The third kappa shape index (κ3) is 6.83. The van der Waals surface area contributed by atoms with E-state index in [0.717, 1.165) is 31.9 Å². The van der Waals surface area contributed by atoms with Gasteiger partial charge in [-0.05, 0) is 19.8 Å². The molecule has 0 aliphatic rings. The molecule has 0 fully saturated rings. The van der Waals surface area contributed by atoms with Crippen molar-refractivity contribution in [3.8, 4) is 0 Å². The number of aryl methyl sites for hydroxylation is 1. The lowest BCUT2D eigenvalue weighted by Gasteiger charge is -2.16. The van der Waals surface area contributed by atoms with Crippen LogP contribution in [0.4, 0.5) is 0 Å². The summed E-state index contributed by atoms with van der Waals surface area (Å²) in [5.41, 5.74) is 0. The summed E-state index contributed by atoms with van der Waals surface area (Å²) in [6, 6.07) is 0.454. The molecule has 1 unspecified atom stereocenters. The zero-order valence-electron chi connectivity index (χ0n) is 11.4. The van der Waals surface area contributed by atoms with Gasteiger partial charge in [0.1, 0.15) is 0 Å². The molecule has 104 valence electrons. The first-order valence-electron chi connectivity index (χ1n) is 6.19. The van der Waals surface area contributed by atoms with Gasteiger partial charge in [-0.2, -0.15) is 0 Å². The van der Waals surface area contributed by atoms with Gasteiger partial charge < -0.3 is 15.2 Å². The van der Waals surface area contributed by atoms with Gasteiger partial charge in [-0.15, -0.1) is 24.0 Å². The summed E-state index contributed by atoms with van der Waals surface area (Å²) in [6.07, 6.45) is 7.77. The maximum atomic E-state index is 4.19. The van der Waals surface area contributed by atoms with Crippen molar-refractivity contribution >= 4 is 29.9 Å². The largest absolute Gasteiger partial charge is 0.356 e. The highest BCUT2D eigenvalue weighted by Crippen LogP contribution is 1.90. The van der Waals surface area contributed by atoms with E-state index in [-0.39, 0.29) is 24.0 Å². The SMILES string of the molecule is CCC(C)NC(=NC)NCCCn1ccnc1.I. The molecule has 0 amide bonds. The molecule has 0 aromatic carbocycles. The minimum Gasteiger partial charge on any atom is -0.356 e. The number of rotatable bonds is 6. The number of guanidine groups is 1. The fourth-order valence-corrected chi connectivity index (χ4v) is 1.42. The highest BCUT2D eigenvalue weighted by Gasteiger charge is 2.01. The average molecular weight is 365 g/mol. The second kappa shape index (κ2) is 10.2. The Morgan fingerprint density at radius 1 is 1.50 bits per heavy atom. The van der Waals surface area contributed by atoms with Gasteiger partial charge in [-0.3, -0.25) is 4.99 Å². The quantitative estimate of drug-likeness (QED) is 0.350. The Hall–Kier alpha value is -0.790. The summed E-state index contributed by atoms with van der Waals surface area (Å²) in [6.45, 7) is 6.20. The number of hydrogen-bond acceptors (Lipinski definition) is 2. The van der Waals surface area contributed by atoms with Crippen molar-refractivity contribution in [1.29, 1.82) is 0 Å². The van der Waals surface area contributed by atoms with Gasteiger partial charge >= 0.3 is 0 Å². The van der Waals surface area contributed by atoms with Crippen LogP contribution in [-0.2, 0) is 6.54 Å². The highest BCUT2D eigenvalue weighted by molar-refractivity contribution is 14.0. The molecule has 0 saturated carbocycles. The zero-order valence-corrected chi connectivity index (χ0v) is 13.7. The van der Waals surface area contributed by atoms with E-state index in [9.17, 15) is 0 Å². The molecule has 5 nitrogen and oxygen atoms in total. The van der Waals surface area contributed by atoms with Gasteiger partial charge in [0.05, 0.1) is 6.33 Å². The molecule has 0 aliphatic carbocycles. The van der Waals surface area contributed by atoms with Gasteiger partial charge in [-0.25, -0.2) is 4.98 Å². The number of imidazole rings is 1. The highest BCUT2D eigenvalue weighted by atomic mass is 127. The molecule has 18 heavy (non-hydrogen) atoms. The van der Waals surface area contributed by atoms with E-state index < -0.39 is 0 Å². The van der Waals surface area contributed by atoms with Crippen LogP contribution in [0.3, 0.4) is 0 Å². The fraction of sp³-hybridized carbons (Fsp3) is 0.667. The Kier molecular flexibility index (Phi) is 9.72. The second-order valence-electron chi connectivity index (χ2n) is 4.11. The van der Waals surface area contributed by atoms with E-state index in [4.69, 9.17) is 0 Å². The van der Waals surface area contributed by atoms with Gasteiger partial charge in [0.25, 0.3) is 0 Å². The molecule has 1 rings (SSSR count). The standard InChI is InChI=1S/C12H23N5.HI/c1-4-11(2)16-12(13-3)15-6-5-8-17-9-7-14-10-17;/h7,9-11H,4-6,8H2,1-3H3,(H2,13,15,16);1H. The van der Waals surface area contributed by atoms with Gasteiger partial charge in [-0.1, -0.05) is 6.92 Å². The Balaban J connectivity index is 0.00000289. The van der Waals surface area contributed by atoms with Crippen molar-refractivity contribution in [3.05, 3.63) is 18.7 Å². The maximum Gasteiger partial charge on any atom is 0.191 e. The van der Waals surface area contributed by atoms with Crippen molar-refractivity contribution in [2.75, 3.05) is 13.6 Å². The summed E-state index contributed by atoms with van der Waals surface area (Å²) in [4.78, 5) is 8.19. The Morgan fingerprint density at radius 3 is 2.83 bits per heavy atom. The normalized spacial score (nSPS) is 12.7. The van der Waals surface area contributed by atoms with Crippen LogP contribution in [0.1, 0.15) is 26.7 Å². The predicted molar refractivity (Wildman–Crippen MR) is 86.5 cm³/mol. The van der Waals surface area contributed by atoms with E-state index in [2.05, 4.69) is 39.0 Å². The first-order valence-corrected chi connectivity index (χ1v) is 6.19. The summed E-state index contributed by atoms with van der Waals surface area (Å²) in [5, 5.41) is 6.63. The Labute approximate surface area is 126 Å². The van der Waals surface area contributed by atoms with Crippen molar-refractivity contribution in [2.24, 2.45) is 4.99 Å². The maximum absolute atomic E-state index is 4.19. The van der Waals surface area contributed by atoms with Crippen LogP contribution < -0.4 is 10.6 Å². The first kappa shape index (κ1) is 17.2.